The van der Waals surface area contributed by atoms with Crippen molar-refractivity contribution in [3.05, 3.63) is 23.8 Å². The van der Waals surface area contributed by atoms with E-state index in [1.165, 1.54) is 37.7 Å². The van der Waals surface area contributed by atoms with E-state index in [0.29, 0.717) is 23.0 Å². The van der Waals surface area contributed by atoms with Crippen LogP contribution < -0.4 is 0 Å². The molecule has 0 aromatic rings. The van der Waals surface area contributed by atoms with Gasteiger partial charge in [-0.05, 0) is 105 Å². The van der Waals surface area contributed by atoms with E-state index in [1.807, 2.05) is 13.0 Å². The van der Waals surface area contributed by atoms with Crippen LogP contribution in [0.1, 0.15) is 85.5 Å². The minimum absolute atomic E-state index is 0.251. The van der Waals surface area contributed by atoms with Crippen LogP contribution in [0.2, 0.25) is 0 Å². The van der Waals surface area contributed by atoms with E-state index in [2.05, 4.69) is 27.4 Å². The van der Waals surface area contributed by atoms with Crippen LogP contribution in [-0.4, -0.2) is 17.0 Å². The lowest BCUT2D eigenvalue weighted by molar-refractivity contribution is -0.117. The van der Waals surface area contributed by atoms with Gasteiger partial charge in [0.25, 0.3) is 0 Å². The van der Waals surface area contributed by atoms with Gasteiger partial charge in [-0.1, -0.05) is 31.9 Å². The lowest BCUT2D eigenvalue weighted by Crippen LogP contribution is -2.51. The molecule has 0 radical (unpaired) electrons. The number of ketones is 1. The summed E-state index contributed by atoms with van der Waals surface area (Å²) in [4.78, 5) is 12.0. The summed E-state index contributed by atoms with van der Waals surface area (Å²) < 4.78 is 0. The van der Waals surface area contributed by atoms with Gasteiger partial charge in [0, 0.05) is 6.42 Å². The van der Waals surface area contributed by atoms with Crippen LogP contribution in [0, 0.1) is 40.4 Å². The number of hydrogen-bond acceptors (Lipinski definition) is 2. The quantitative estimate of drug-likeness (QED) is 0.595. The number of allylic oxidation sites excluding steroid dienone is 1. The number of rotatable bonds is 4. The molecule has 28 heavy (non-hydrogen) atoms. The summed E-state index contributed by atoms with van der Waals surface area (Å²) in [6, 6.07) is 0. The van der Waals surface area contributed by atoms with E-state index in [-0.39, 0.29) is 11.5 Å². The largest absolute Gasteiger partial charge is 0.393 e. The van der Waals surface area contributed by atoms with Crippen LogP contribution >= 0.6 is 0 Å². The first kappa shape index (κ1) is 20.4. The number of carbonyl (C=O) groups is 1. The minimum atomic E-state index is -0.251. The molecule has 2 nitrogen and oxygen atoms in total. The van der Waals surface area contributed by atoms with Crippen molar-refractivity contribution in [1.82, 2.24) is 0 Å². The molecule has 0 bridgehead atoms. The third kappa shape index (κ3) is 3.06. The molecule has 0 aliphatic heterocycles. The molecule has 0 spiro atoms. The van der Waals surface area contributed by atoms with E-state index in [4.69, 9.17) is 0 Å². The highest BCUT2D eigenvalue weighted by Gasteiger charge is 2.59. The van der Waals surface area contributed by atoms with Crippen molar-refractivity contribution in [3.63, 3.8) is 0 Å². The van der Waals surface area contributed by atoms with Crippen LogP contribution in [-0.2, 0) is 4.79 Å². The van der Waals surface area contributed by atoms with Gasteiger partial charge in [-0.25, -0.2) is 0 Å². The van der Waals surface area contributed by atoms with Crippen molar-refractivity contribution >= 4 is 5.78 Å². The Hall–Kier alpha value is -0.890. The molecule has 2 heteroatoms. The van der Waals surface area contributed by atoms with Crippen molar-refractivity contribution in [2.45, 2.75) is 91.6 Å². The van der Waals surface area contributed by atoms with E-state index in [1.54, 1.807) is 0 Å². The maximum Gasteiger partial charge on any atom is 0.155 e. The van der Waals surface area contributed by atoms with Gasteiger partial charge in [0.15, 0.2) is 5.78 Å². The predicted molar refractivity (Wildman–Crippen MR) is 115 cm³/mol. The molecule has 4 aliphatic rings. The Bertz CT molecular complexity index is 691. The molecule has 0 aromatic heterocycles. The molecule has 0 saturated heterocycles. The fraction of sp³-hybridized carbons (Fsp3) is 0.808. The average molecular weight is 385 g/mol. The molecule has 4 aliphatic carbocycles. The molecular weight excluding hydrogens is 344 g/mol. The first-order valence-electron chi connectivity index (χ1n) is 11.7. The van der Waals surface area contributed by atoms with Gasteiger partial charge in [-0.3, -0.25) is 4.79 Å². The van der Waals surface area contributed by atoms with Crippen molar-refractivity contribution in [3.8, 4) is 0 Å². The maximum atomic E-state index is 12.0. The van der Waals surface area contributed by atoms with Crippen LogP contribution in [0.3, 0.4) is 0 Å². The topological polar surface area (TPSA) is 37.3 Å². The Morgan fingerprint density at radius 2 is 1.93 bits per heavy atom. The number of aliphatic hydroxyl groups excluding tert-OH is 1. The highest BCUT2D eigenvalue weighted by Crippen LogP contribution is 2.67. The van der Waals surface area contributed by atoms with E-state index in [0.717, 1.165) is 49.0 Å². The summed E-state index contributed by atoms with van der Waals surface area (Å²) in [5.41, 5.74) is 3.20. The lowest BCUT2D eigenvalue weighted by atomic mass is 9.46. The maximum absolute atomic E-state index is 12.0. The van der Waals surface area contributed by atoms with Crippen molar-refractivity contribution in [1.29, 1.82) is 0 Å². The van der Waals surface area contributed by atoms with Gasteiger partial charge in [-0.2, -0.15) is 0 Å². The smallest absolute Gasteiger partial charge is 0.155 e. The number of carbonyl (C=O) groups excluding carboxylic acids is 1. The Labute approximate surface area is 171 Å². The Morgan fingerprint density at radius 3 is 2.64 bits per heavy atom. The predicted octanol–water partition coefficient (Wildman–Crippen LogP) is 6.10. The molecule has 8 atom stereocenters. The van der Waals surface area contributed by atoms with Gasteiger partial charge in [0.1, 0.15) is 0 Å². The second kappa shape index (κ2) is 7.11. The van der Waals surface area contributed by atoms with E-state index >= 15 is 0 Å². The molecular formula is C26H40O2. The van der Waals surface area contributed by atoms with Gasteiger partial charge in [-0.15, -0.1) is 6.58 Å². The minimum Gasteiger partial charge on any atom is -0.393 e. The van der Waals surface area contributed by atoms with Crippen molar-refractivity contribution < 1.29 is 9.90 Å². The second-order valence-electron chi connectivity index (χ2n) is 11.3. The van der Waals surface area contributed by atoms with E-state index < -0.39 is 0 Å². The summed E-state index contributed by atoms with van der Waals surface area (Å²) in [6.45, 7) is 13.4. The summed E-state index contributed by atoms with van der Waals surface area (Å²) in [6.07, 6.45) is 11.9. The van der Waals surface area contributed by atoms with Crippen LogP contribution in [0.25, 0.3) is 0 Å². The third-order valence-electron chi connectivity index (χ3n) is 9.83. The fourth-order valence-electron chi connectivity index (χ4n) is 8.27. The van der Waals surface area contributed by atoms with Crippen LogP contribution in [0.5, 0.6) is 0 Å². The summed E-state index contributed by atoms with van der Waals surface area (Å²) >= 11 is 0. The standard InChI is InChI=1S/C26H40O2/c1-16(2)14-24(28)17(3)21-8-9-22-20-7-6-18-15-19(27)10-12-25(18,4)23(20)11-13-26(21,22)5/h15,17,20-24,28H,1,6-14H2,2-5H3/t17-,20-,21+,22-,23-,24?,25-,26+/m0/s1. The van der Waals surface area contributed by atoms with Gasteiger partial charge in [0.2, 0.25) is 0 Å². The number of aliphatic hydroxyl groups is 1. The number of fused-ring (bicyclic) bond motifs is 5. The van der Waals surface area contributed by atoms with Gasteiger partial charge < -0.3 is 5.11 Å². The zero-order valence-corrected chi connectivity index (χ0v) is 18.5. The van der Waals surface area contributed by atoms with Crippen LogP contribution in [0.4, 0.5) is 0 Å². The number of hydrogen-bond donors (Lipinski definition) is 1. The molecule has 0 amide bonds. The SMILES string of the molecule is C=C(C)CC(O)[C@@H](C)[C@H]1CC[C@H]2[C@@H]3CCC4=CC(=O)CC[C@]4(C)[C@H]3CC[C@]12C. The lowest BCUT2D eigenvalue weighted by Gasteiger charge is -2.58. The monoisotopic (exact) mass is 384 g/mol. The molecule has 156 valence electrons. The average Bonchev–Trinajstić information content (AvgIpc) is 2.98. The van der Waals surface area contributed by atoms with E-state index in [9.17, 15) is 9.90 Å². The Kier molecular flexibility index (Phi) is 5.18. The fourth-order valence-corrected chi connectivity index (χ4v) is 8.27. The Balaban J connectivity index is 1.56. The molecule has 0 aromatic carbocycles. The molecule has 0 heterocycles. The first-order chi connectivity index (χ1) is 13.2. The molecule has 1 N–H and O–H groups in total. The molecule has 4 rings (SSSR count). The Morgan fingerprint density at radius 1 is 1.18 bits per heavy atom. The molecule has 3 saturated carbocycles. The molecule has 3 fully saturated rings. The zero-order valence-electron chi connectivity index (χ0n) is 18.5. The van der Waals surface area contributed by atoms with Crippen molar-refractivity contribution in [2.24, 2.45) is 40.4 Å². The summed E-state index contributed by atoms with van der Waals surface area (Å²) in [7, 11) is 0. The highest BCUT2D eigenvalue weighted by molar-refractivity contribution is 5.91. The normalized spacial score (nSPS) is 44.8. The molecule has 1 unspecified atom stereocenters. The second-order valence-corrected chi connectivity index (χ2v) is 11.3. The highest BCUT2D eigenvalue weighted by atomic mass is 16.3. The van der Waals surface area contributed by atoms with Crippen molar-refractivity contribution in [2.75, 3.05) is 0 Å². The summed E-state index contributed by atoms with van der Waals surface area (Å²) in [5.74, 6) is 3.70. The zero-order chi connectivity index (χ0) is 20.3. The first-order valence-corrected chi connectivity index (χ1v) is 11.7. The van der Waals surface area contributed by atoms with Crippen LogP contribution in [0.15, 0.2) is 23.8 Å². The third-order valence-corrected chi connectivity index (χ3v) is 9.83. The van der Waals surface area contributed by atoms with Gasteiger partial charge >= 0.3 is 0 Å². The van der Waals surface area contributed by atoms with Gasteiger partial charge in [0.05, 0.1) is 6.10 Å². The summed E-state index contributed by atoms with van der Waals surface area (Å²) in [5, 5.41) is 10.8.